The normalized spacial score (nSPS) is 11.2. The second kappa shape index (κ2) is 6.57. The van der Waals surface area contributed by atoms with Gasteiger partial charge in [-0.15, -0.1) is 0 Å². The molecule has 2 amide bonds. The van der Waals surface area contributed by atoms with Gasteiger partial charge in [-0.1, -0.05) is 11.8 Å². The minimum Gasteiger partial charge on any atom is -0.341 e. The number of rotatable bonds is 2. The summed E-state index contributed by atoms with van der Waals surface area (Å²) in [5.74, 6) is 5.93. The summed E-state index contributed by atoms with van der Waals surface area (Å²) < 4.78 is 1.73. The topological polar surface area (TPSA) is 71.8 Å². The van der Waals surface area contributed by atoms with E-state index in [1.807, 2.05) is 32.3 Å². The zero-order chi connectivity index (χ0) is 15.2. The van der Waals surface area contributed by atoms with Crippen molar-refractivity contribution < 1.29 is 4.79 Å². The zero-order valence-corrected chi connectivity index (χ0v) is 12.2. The van der Waals surface area contributed by atoms with Crippen molar-refractivity contribution in [2.45, 2.75) is 13.0 Å². The fraction of sp³-hybridized carbons (Fsp3) is 0.267. The summed E-state index contributed by atoms with van der Waals surface area (Å²) >= 11 is 0. The van der Waals surface area contributed by atoms with Crippen LogP contribution in [0.3, 0.4) is 0 Å². The van der Waals surface area contributed by atoms with Crippen molar-refractivity contribution in [2.75, 3.05) is 7.05 Å². The van der Waals surface area contributed by atoms with Gasteiger partial charge in [-0.25, -0.2) is 4.79 Å². The van der Waals surface area contributed by atoms with Gasteiger partial charge in [-0.05, 0) is 19.1 Å². The Hall–Kier alpha value is -2.81. The lowest BCUT2D eigenvalue weighted by atomic mass is 10.2. The van der Waals surface area contributed by atoms with Crippen LogP contribution in [0.15, 0.2) is 30.7 Å². The highest BCUT2D eigenvalue weighted by atomic mass is 16.2. The van der Waals surface area contributed by atoms with Crippen LogP contribution in [-0.2, 0) is 7.05 Å². The van der Waals surface area contributed by atoms with Gasteiger partial charge in [0, 0.05) is 37.6 Å². The molecule has 2 N–H and O–H groups in total. The number of carbonyl (C=O) groups excluding carboxylic acids is 1. The Bertz CT molecular complexity index is 678. The number of aromatic nitrogens is 3. The minimum absolute atomic E-state index is 0.233. The molecular weight excluding hydrogens is 266 g/mol. The molecule has 0 aromatic carbocycles. The number of urea groups is 1. The Morgan fingerprint density at radius 2 is 2.19 bits per heavy atom. The molecule has 0 aliphatic rings. The highest BCUT2D eigenvalue weighted by Crippen LogP contribution is 2.15. The summed E-state index contributed by atoms with van der Waals surface area (Å²) in [5, 5.41) is 9.28. The predicted octanol–water partition coefficient (Wildman–Crippen LogP) is 1.15. The highest BCUT2D eigenvalue weighted by Gasteiger charge is 2.02. The Morgan fingerprint density at radius 1 is 1.38 bits per heavy atom. The van der Waals surface area contributed by atoms with E-state index in [2.05, 4.69) is 32.6 Å². The summed E-state index contributed by atoms with van der Waals surface area (Å²) in [5.41, 5.74) is 2.62. The lowest BCUT2D eigenvalue weighted by Gasteiger charge is -2.05. The quantitative estimate of drug-likeness (QED) is 0.812. The first-order chi connectivity index (χ1) is 10.1. The van der Waals surface area contributed by atoms with Gasteiger partial charge in [0.1, 0.15) is 0 Å². The molecule has 0 aliphatic heterocycles. The third-order valence-electron chi connectivity index (χ3n) is 2.77. The van der Waals surface area contributed by atoms with Crippen LogP contribution in [-0.4, -0.2) is 33.9 Å². The first kappa shape index (κ1) is 14.6. The number of hydrogen-bond acceptors (Lipinski definition) is 3. The van der Waals surface area contributed by atoms with Crippen LogP contribution >= 0.6 is 0 Å². The molecule has 1 unspecified atom stereocenters. The number of hydrogen-bond donors (Lipinski definition) is 2. The molecule has 0 bridgehead atoms. The number of nitrogens with one attached hydrogen (secondary N) is 2. The molecule has 2 heterocycles. The van der Waals surface area contributed by atoms with Crippen molar-refractivity contribution in [1.29, 1.82) is 0 Å². The van der Waals surface area contributed by atoms with Crippen molar-refractivity contribution >= 4 is 6.03 Å². The molecule has 0 radical (unpaired) electrons. The molecule has 108 valence electrons. The molecule has 0 spiro atoms. The van der Waals surface area contributed by atoms with Crippen LogP contribution in [0, 0.1) is 11.8 Å². The average molecular weight is 283 g/mol. The Labute approximate surface area is 123 Å². The molecule has 1 atom stereocenters. The highest BCUT2D eigenvalue weighted by molar-refractivity contribution is 5.74. The Kier molecular flexibility index (Phi) is 4.57. The summed E-state index contributed by atoms with van der Waals surface area (Å²) in [7, 11) is 3.43. The van der Waals surface area contributed by atoms with Gasteiger partial charge in [-0.2, -0.15) is 5.10 Å². The van der Waals surface area contributed by atoms with E-state index in [0.29, 0.717) is 0 Å². The van der Waals surface area contributed by atoms with Crippen molar-refractivity contribution in [1.82, 2.24) is 25.4 Å². The molecule has 0 saturated carbocycles. The Morgan fingerprint density at radius 3 is 2.76 bits per heavy atom. The smallest absolute Gasteiger partial charge is 0.315 e. The molecule has 21 heavy (non-hydrogen) atoms. The fourth-order valence-corrected chi connectivity index (χ4v) is 1.69. The van der Waals surface area contributed by atoms with Gasteiger partial charge in [-0.3, -0.25) is 9.67 Å². The van der Waals surface area contributed by atoms with Crippen molar-refractivity contribution in [2.24, 2.45) is 7.05 Å². The predicted molar refractivity (Wildman–Crippen MR) is 80.4 cm³/mol. The summed E-state index contributed by atoms with van der Waals surface area (Å²) in [6.45, 7) is 1.82. The Balaban J connectivity index is 2.05. The van der Waals surface area contributed by atoms with Gasteiger partial charge in [0.25, 0.3) is 0 Å². The first-order valence-corrected chi connectivity index (χ1v) is 6.53. The molecule has 6 nitrogen and oxygen atoms in total. The van der Waals surface area contributed by atoms with E-state index in [4.69, 9.17) is 0 Å². The molecule has 0 aliphatic carbocycles. The number of carbonyl (C=O) groups is 1. The maximum Gasteiger partial charge on any atom is 0.315 e. The van der Waals surface area contributed by atoms with Crippen LogP contribution in [0.1, 0.15) is 12.5 Å². The van der Waals surface area contributed by atoms with Crippen LogP contribution in [0.2, 0.25) is 0 Å². The van der Waals surface area contributed by atoms with Gasteiger partial charge >= 0.3 is 6.03 Å². The third kappa shape index (κ3) is 4.08. The maximum atomic E-state index is 11.1. The van der Waals surface area contributed by atoms with E-state index in [1.165, 1.54) is 0 Å². The molecule has 2 aromatic rings. The van der Waals surface area contributed by atoms with E-state index >= 15 is 0 Å². The lowest BCUT2D eigenvalue weighted by molar-refractivity contribution is 0.242. The number of aryl methyl sites for hydroxylation is 1. The summed E-state index contributed by atoms with van der Waals surface area (Å²) in [6.07, 6.45) is 5.38. The fourth-order valence-electron chi connectivity index (χ4n) is 1.69. The van der Waals surface area contributed by atoms with E-state index in [0.717, 1.165) is 16.8 Å². The van der Waals surface area contributed by atoms with Crippen molar-refractivity contribution in [3.8, 4) is 23.1 Å². The van der Waals surface area contributed by atoms with Crippen molar-refractivity contribution in [3.05, 3.63) is 36.3 Å². The monoisotopic (exact) mass is 283 g/mol. The molecule has 2 rings (SSSR count). The van der Waals surface area contributed by atoms with Crippen LogP contribution in [0.4, 0.5) is 4.79 Å². The second-order valence-electron chi connectivity index (χ2n) is 4.55. The molecular formula is C15H17N5O. The largest absolute Gasteiger partial charge is 0.341 e. The van der Waals surface area contributed by atoms with Gasteiger partial charge < -0.3 is 10.6 Å². The van der Waals surface area contributed by atoms with E-state index in [-0.39, 0.29) is 12.1 Å². The van der Waals surface area contributed by atoms with E-state index in [1.54, 1.807) is 24.1 Å². The molecule has 0 saturated heterocycles. The average Bonchev–Trinajstić information content (AvgIpc) is 2.92. The lowest BCUT2D eigenvalue weighted by Crippen LogP contribution is -2.38. The van der Waals surface area contributed by atoms with Crippen LogP contribution in [0.25, 0.3) is 11.3 Å². The number of pyridine rings is 1. The number of amides is 2. The first-order valence-electron chi connectivity index (χ1n) is 6.53. The standard InChI is InChI=1S/C15H17N5O/c1-11(19-15(21)16-2)4-5-12-6-7-14(17-8-12)13-9-18-20(3)10-13/h6-11H,1-3H3,(H2,16,19,21). The molecule has 6 heteroatoms. The third-order valence-corrected chi connectivity index (χ3v) is 2.77. The second-order valence-corrected chi connectivity index (χ2v) is 4.55. The van der Waals surface area contributed by atoms with Gasteiger partial charge in [0.05, 0.1) is 17.9 Å². The zero-order valence-electron chi connectivity index (χ0n) is 12.2. The van der Waals surface area contributed by atoms with Gasteiger partial charge in [0.2, 0.25) is 0 Å². The minimum atomic E-state index is -0.248. The SMILES string of the molecule is CNC(=O)NC(C)C#Cc1ccc(-c2cnn(C)c2)nc1. The number of nitrogens with zero attached hydrogens (tertiary/aromatic N) is 3. The summed E-state index contributed by atoms with van der Waals surface area (Å²) in [6, 6.07) is 3.32. The van der Waals surface area contributed by atoms with Crippen LogP contribution < -0.4 is 10.6 Å². The molecule has 0 fully saturated rings. The molecule has 2 aromatic heterocycles. The van der Waals surface area contributed by atoms with Gasteiger partial charge in [0.15, 0.2) is 0 Å². The van der Waals surface area contributed by atoms with E-state index in [9.17, 15) is 4.79 Å². The van der Waals surface area contributed by atoms with E-state index < -0.39 is 0 Å². The van der Waals surface area contributed by atoms with Crippen molar-refractivity contribution in [3.63, 3.8) is 0 Å². The maximum absolute atomic E-state index is 11.1. The van der Waals surface area contributed by atoms with Crippen LogP contribution in [0.5, 0.6) is 0 Å². The summed E-state index contributed by atoms with van der Waals surface area (Å²) in [4.78, 5) is 15.5.